The van der Waals surface area contributed by atoms with Gasteiger partial charge in [0.15, 0.2) is 0 Å². The van der Waals surface area contributed by atoms with Crippen LogP contribution in [0.5, 0.6) is 0 Å². The third-order valence-electron chi connectivity index (χ3n) is 3.59. The molecule has 2 rings (SSSR count). The van der Waals surface area contributed by atoms with Gasteiger partial charge in [-0.05, 0) is 51.4 Å². The smallest absolute Gasteiger partial charge is 0.251 e. The molecule has 0 spiro atoms. The summed E-state index contributed by atoms with van der Waals surface area (Å²) in [6.45, 7) is 5.22. The molecule has 108 valence electrons. The quantitative estimate of drug-likeness (QED) is 0.780. The van der Waals surface area contributed by atoms with Crippen molar-refractivity contribution in [1.29, 1.82) is 0 Å². The molecule has 0 aromatic heterocycles. The van der Waals surface area contributed by atoms with E-state index in [1.54, 1.807) is 24.3 Å². The molecule has 0 radical (unpaired) electrons. The molecule has 3 N–H and O–H groups in total. The normalized spacial score (nSPS) is 21.5. The minimum Gasteiger partial charge on any atom is -0.352 e. The van der Waals surface area contributed by atoms with Gasteiger partial charge in [0.05, 0.1) is 5.54 Å². The minimum atomic E-state index is -0.512. The summed E-state index contributed by atoms with van der Waals surface area (Å²) in [6, 6.07) is 6.99. The van der Waals surface area contributed by atoms with Crippen molar-refractivity contribution in [1.82, 2.24) is 10.6 Å². The van der Waals surface area contributed by atoms with Gasteiger partial charge in [0, 0.05) is 17.8 Å². The highest BCUT2D eigenvalue weighted by Gasteiger charge is 2.35. The van der Waals surface area contributed by atoms with Gasteiger partial charge in [-0.25, -0.2) is 0 Å². The molecule has 0 bridgehead atoms. The number of hydrogen-bond donors (Lipinski definition) is 3. The topological polar surface area (TPSA) is 70.2 Å². The Bertz CT molecular complexity index is 508. The molecule has 1 aromatic rings. The van der Waals surface area contributed by atoms with E-state index in [0.29, 0.717) is 17.8 Å². The summed E-state index contributed by atoms with van der Waals surface area (Å²) in [4.78, 5) is 24.0. The molecule has 2 amide bonds. The fourth-order valence-corrected chi connectivity index (χ4v) is 2.36. The predicted molar refractivity (Wildman–Crippen MR) is 78.7 cm³/mol. The lowest BCUT2D eigenvalue weighted by molar-refractivity contribution is -0.121. The van der Waals surface area contributed by atoms with Gasteiger partial charge in [-0.15, -0.1) is 0 Å². The van der Waals surface area contributed by atoms with Crippen molar-refractivity contribution in [2.45, 2.75) is 32.2 Å². The maximum atomic E-state index is 12.3. The van der Waals surface area contributed by atoms with E-state index in [4.69, 9.17) is 0 Å². The zero-order valence-corrected chi connectivity index (χ0v) is 12.0. The van der Waals surface area contributed by atoms with E-state index in [0.717, 1.165) is 19.4 Å². The first-order chi connectivity index (χ1) is 9.55. The number of amides is 2. The molecule has 1 saturated heterocycles. The van der Waals surface area contributed by atoms with E-state index in [2.05, 4.69) is 16.0 Å². The zero-order chi connectivity index (χ0) is 14.6. The first kappa shape index (κ1) is 14.5. The van der Waals surface area contributed by atoms with Gasteiger partial charge in [0.2, 0.25) is 5.91 Å². The Balaban J connectivity index is 2.08. The standard InChI is InChI=1S/C15H21N3O2/c1-3-16-13(19)11-6-4-7-12(10-11)18-14(20)15(2)8-5-9-17-15/h4,6-7,10,17H,3,5,8-9H2,1-2H3,(H,16,19)(H,18,20). The number of nitrogens with one attached hydrogen (secondary N) is 3. The molecule has 1 heterocycles. The van der Waals surface area contributed by atoms with Gasteiger partial charge in [0.1, 0.15) is 0 Å². The van der Waals surface area contributed by atoms with Crippen molar-refractivity contribution in [2.24, 2.45) is 0 Å². The Morgan fingerprint density at radius 2 is 2.20 bits per heavy atom. The summed E-state index contributed by atoms with van der Waals surface area (Å²) in [5.74, 6) is -0.183. The largest absolute Gasteiger partial charge is 0.352 e. The third-order valence-corrected chi connectivity index (χ3v) is 3.59. The number of anilines is 1. The first-order valence-electron chi connectivity index (χ1n) is 7.00. The molecule has 0 aliphatic carbocycles. The van der Waals surface area contributed by atoms with Crippen LogP contribution < -0.4 is 16.0 Å². The molecule has 0 saturated carbocycles. The van der Waals surface area contributed by atoms with Gasteiger partial charge in [-0.1, -0.05) is 6.07 Å². The molecule has 5 nitrogen and oxygen atoms in total. The number of carbonyl (C=O) groups excluding carboxylic acids is 2. The average molecular weight is 275 g/mol. The van der Waals surface area contributed by atoms with Crippen LogP contribution in [0.1, 0.15) is 37.0 Å². The second-order valence-corrected chi connectivity index (χ2v) is 5.26. The van der Waals surface area contributed by atoms with Crippen LogP contribution >= 0.6 is 0 Å². The number of hydrogen-bond acceptors (Lipinski definition) is 3. The van der Waals surface area contributed by atoms with E-state index >= 15 is 0 Å². The van der Waals surface area contributed by atoms with Crippen LogP contribution in [-0.2, 0) is 4.79 Å². The lowest BCUT2D eigenvalue weighted by Gasteiger charge is -2.23. The Kier molecular flexibility index (Phi) is 4.39. The van der Waals surface area contributed by atoms with Gasteiger partial charge in [-0.2, -0.15) is 0 Å². The van der Waals surface area contributed by atoms with Crippen LogP contribution in [0.3, 0.4) is 0 Å². The summed E-state index contributed by atoms with van der Waals surface area (Å²) < 4.78 is 0. The maximum absolute atomic E-state index is 12.3. The van der Waals surface area contributed by atoms with Crippen LogP contribution in [-0.4, -0.2) is 30.4 Å². The predicted octanol–water partition coefficient (Wildman–Crippen LogP) is 1.52. The highest BCUT2D eigenvalue weighted by molar-refractivity contribution is 6.00. The van der Waals surface area contributed by atoms with Crippen LogP contribution in [0.15, 0.2) is 24.3 Å². The van der Waals surface area contributed by atoms with Crippen molar-refractivity contribution in [3.63, 3.8) is 0 Å². The molecule has 1 aromatic carbocycles. The average Bonchev–Trinajstić information content (AvgIpc) is 2.88. The Hall–Kier alpha value is -1.88. The van der Waals surface area contributed by atoms with Crippen molar-refractivity contribution in [2.75, 3.05) is 18.4 Å². The molecule has 1 aliphatic heterocycles. The summed E-state index contributed by atoms with van der Waals surface area (Å²) in [5.41, 5.74) is 0.685. The van der Waals surface area contributed by atoms with E-state index in [9.17, 15) is 9.59 Å². The first-order valence-corrected chi connectivity index (χ1v) is 7.00. The fraction of sp³-hybridized carbons (Fsp3) is 0.467. The van der Waals surface area contributed by atoms with Gasteiger partial charge in [0.25, 0.3) is 5.91 Å². The van der Waals surface area contributed by atoms with Crippen LogP contribution in [0.4, 0.5) is 5.69 Å². The van der Waals surface area contributed by atoms with Gasteiger partial charge < -0.3 is 16.0 Å². The summed E-state index contributed by atoms with van der Waals surface area (Å²) >= 11 is 0. The lowest BCUT2D eigenvalue weighted by atomic mass is 9.99. The van der Waals surface area contributed by atoms with Crippen molar-refractivity contribution in [3.05, 3.63) is 29.8 Å². The Morgan fingerprint density at radius 3 is 2.85 bits per heavy atom. The second-order valence-electron chi connectivity index (χ2n) is 5.26. The van der Waals surface area contributed by atoms with E-state index in [1.165, 1.54) is 0 Å². The van der Waals surface area contributed by atoms with Crippen LogP contribution in [0.2, 0.25) is 0 Å². The van der Waals surface area contributed by atoms with Crippen LogP contribution in [0, 0.1) is 0 Å². The monoisotopic (exact) mass is 275 g/mol. The molecule has 1 unspecified atom stereocenters. The fourth-order valence-electron chi connectivity index (χ4n) is 2.36. The molecule has 20 heavy (non-hydrogen) atoms. The second kappa shape index (κ2) is 6.05. The summed E-state index contributed by atoms with van der Waals surface area (Å²) in [5, 5.41) is 8.84. The van der Waals surface area contributed by atoms with Crippen LogP contribution in [0.25, 0.3) is 0 Å². The van der Waals surface area contributed by atoms with Crippen molar-refractivity contribution < 1.29 is 9.59 Å². The zero-order valence-electron chi connectivity index (χ0n) is 12.0. The highest BCUT2D eigenvalue weighted by atomic mass is 16.2. The van der Waals surface area contributed by atoms with Crippen molar-refractivity contribution in [3.8, 4) is 0 Å². The van der Waals surface area contributed by atoms with E-state index in [-0.39, 0.29) is 11.8 Å². The lowest BCUT2D eigenvalue weighted by Crippen LogP contribution is -2.47. The SMILES string of the molecule is CCNC(=O)c1cccc(NC(=O)C2(C)CCCN2)c1. The number of carbonyl (C=O) groups is 2. The third kappa shape index (κ3) is 3.17. The van der Waals surface area contributed by atoms with Gasteiger partial charge in [-0.3, -0.25) is 9.59 Å². The molecular formula is C15H21N3O2. The highest BCUT2D eigenvalue weighted by Crippen LogP contribution is 2.21. The molecule has 1 fully saturated rings. The number of rotatable bonds is 4. The molecule has 5 heteroatoms. The molecule has 1 aliphatic rings. The summed E-state index contributed by atoms with van der Waals surface area (Å²) in [6.07, 6.45) is 1.83. The van der Waals surface area contributed by atoms with Gasteiger partial charge >= 0.3 is 0 Å². The van der Waals surface area contributed by atoms with E-state index in [1.807, 2.05) is 13.8 Å². The molecular weight excluding hydrogens is 254 g/mol. The summed E-state index contributed by atoms with van der Waals surface area (Å²) in [7, 11) is 0. The molecule has 1 atom stereocenters. The van der Waals surface area contributed by atoms with Crippen molar-refractivity contribution >= 4 is 17.5 Å². The number of benzene rings is 1. The Morgan fingerprint density at radius 1 is 1.40 bits per heavy atom. The maximum Gasteiger partial charge on any atom is 0.251 e. The minimum absolute atomic E-state index is 0.0527. The Labute approximate surface area is 119 Å². The van der Waals surface area contributed by atoms with E-state index < -0.39 is 5.54 Å².